The Balaban J connectivity index is 1.10. The monoisotopic (exact) mass is 448 g/mol. The quantitative estimate of drug-likeness (QED) is 0.562. The summed E-state index contributed by atoms with van der Waals surface area (Å²) in [5.41, 5.74) is 9.18. The first-order chi connectivity index (χ1) is 16.2. The lowest BCUT2D eigenvalue weighted by Crippen LogP contribution is -2.47. The maximum Gasteiger partial charge on any atom is 0.320 e. The third kappa shape index (κ3) is 4.75. The van der Waals surface area contributed by atoms with Crippen molar-refractivity contribution in [3.05, 3.63) is 54.2 Å². The Morgan fingerprint density at radius 1 is 1.09 bits per heavy atom. The molecular formula is C25H32N6O2. The summed E-state index contributed by atoms with van der Waals surface area (Å²) in [7, 11) is 0. The van der Waals surface area contributed by atoms with E-state index in [1.54, 1.807) is 9.42 Å². The molecule has 2 amide bonds. The zero-order chi connectivity index (χ0) is 22.6. The Labute approximate surface area is 194 Å². The van der Waals surface area contributed by atoms with Crippen molar-refractivity contribution in [2.75, 3.05) is 55.7 Å². The lowest BCUT2D eigenvalue weighted by atomic mass is 10.0. The van der Waals surface area contributed by atoms with Gasteiger partial charge in [0.1, 0.15) is 5.75 Å². The molecule has 0 spiro atoms. The average Bonchev–Trinajstić information content (AvgIpc) is 3.27. The summed E-state index contributed by atoms with van der Waals surface area (Å²) in [5.74, 6) is 1.70. The van der Waals surface area contributed by atoms with Crippen LogP contribution in [0.15, 0.2) is 48.7 Å². The maximum absolute atomic E-state index is 12.0. The van der Waals surface area contributed by atoms with Crippen LogP contribution in [-0.4, -0.2) is 66.4 Å². The minimum Gasteiger partial charge on any atom is -0.491 e. The topological polar surface area (TPSA) is 79.3 Å². The number of hydrogen-bond acceptors (Lipinski definition) is 5. The normalized spacial score (nSPS) is 16.4. The molecule has 0 bridgehead atoms. The number of urea groups is 1. The van der Waals surface area contributed by atoms with Gasteiger partial charge in [-0.15, -0.1) is 5.10 Å². The number of fused-ring (bicyclic) bond motifs is 2. The van der Waals surface area contributed by atoms with Crippen molar-refractivity contribution < 1.29 is 9.53 Å². The van der Waals surface area contributed by atoms with Gasteiger partial charge in [-0.1, -0.05) is 18.2 Å². The average molecular weight is 449 g/mol. The molecule has 8 heteroatoms. The SMILES string of the molecule is NC(=O)N(CCCCN1CCN(c2cccc3c2OCCC3)CC1)c1cc2ccccn2n1. The number of aromatic nitrogens is 2. The molecule has 2 aromatic heterocycles. The highest BCUT2D eigenvalue weighted by molar-refractivity contribution is 5.90. The maximum atomic E-state index is 12.0. The van der Waals surface area contributed by atoms with E-state index in [9.17, 15) is 4.79 Å². The highest BCUT2D eigenvalue weighted by atomic mass is 16.5. The number of para-hydroxylation sites is 1. The fourth-order valence-electron chi connectivity index (χ4n) is 4.83. The predicted molar refractivity (Wildman–Crippen MR) is 130 cm³/mol. The van der Waals surface area contributed by atoms with Crippen LogP contribution in [0, 0.1) is 0 Å². The first-order valence-electron chi connectivity index (χ1n) is 11.9. The van der Waals surface area contributed by atoms with Crippen LogP contribution in [0.5, 0.6) is 5.75 Å². The molecule has 1 fully saturated rings. The Morgan fingerprint density at radius 2 is 1.97 bits per heavy atom. The van der Waals surface area contributed by atoms with Gasteiger partial charge >= 0.3 is 6.03 Å². The molecule has 2 N–H and O–H groups in total. The summed E-state index contributed by atoms with van der Waals surface area (Å²) >= 11 is 0. The molecule has 4 heterocycles. The number of pyridine rings is 1. The van der Waals surface area contributed by atoms with Crippen LogP contribution in [-0.2, 0) is 6.42 Å². The highest BCUT2D eigenvalue weighted by Gasteiger charge is 2.23. The number of unbranched alkanes of at least 4 members (excludes halogenated alkanes) is 1. The lowest BCUT2D eigenvalue weighted by Gasteiger charge is -2.37. The summed E-state index contributed by atoms with van der Waals surface area (Å²) < 4.78 is 7.77. The Kier molecular flexibility index (Phi) is 6.35. The van der Waals surface area contributed by atoms with Gasteiger partial charge in [-0.2, -0.15) is 0 Å². The third-order valence-electron chi connectivity index (χ3n) is 6.63. The van der Waals surface area contributed by atoms with Crippen molar-refractivity contribution in [3.63, 3.8) is 0 Å². The lowest BCUT2D eigenvalue weighted by molar-refractivity contribution is 0.247. The van der Waals surface area contributed by atoms with E-state index in [0.29, 0.717) is 12.4 Å². The van der Waals surface area contributed by atoms with Crippen LogP contribution >= 0.6 is 0 Å². The number of piperazine rings is 1. The Bertz CT molecular complexity index is 1070. The molecule has 0 radical (unpaired) electrons. The van der Waals surface area contributed by atoms with Gasteiger partial charge in [0.05, 0.1) is 17.8 Å². The summed E-state index contributed by atoms with van der Waals surface area (Å²) in [6.45, 7) is 6.51. The van der Waals surface area contributed by atoms with Crippen LogP contribution in [0.4, 0.5) is 16.3 Å². The van der Waals surface area contributed by atoms with Gasteiger partial charge in [-0.05, 0) is 56.0 Å². The zero-order valence-electron chi connectivity index (χ0n) is 19.0. The van der Waals surface area contributed by atoms with Gasteiger partial charge < -0.3 is 15.4 Å². The minimum atomic E-state index is -0.458. The molecular weight excluding hydrogens is 416 g/mol. The van der Waals surface area contributed by atoms with Crippen LogP contribution in [0.3, 0.4) is 0 Å². The second kappa shape index (κ2) is 9.70. The fraction of sp³-hybridized carbons (Fsp3) is 0.440. The fourth-order valence-corrected chi connectivity index (χ4v) is 4.83. The largest absolute Gasteiger partial charge is 0.491 e. The minimum absolute atomic E-state index is 0.458. The number of amides is 2. The molecule has 1 saturated heterocycles. The van der Waals surface area contributed by atoms with Crippen molar-refractivity contribution in [2.45, 2.75) is 25.7 Å². The highest BCUT2D eigenvalue weighted by Crippen LogP contribution is 2.35. The van der Waals surface area contributed by atoms with E-state index in [-0.39, 0.29) is 0 Å². The number of nitrogens with two attached hydrogens (primary N) is 1. The van der Waals surface area contributed by atoms with E-state index in [4.69, 9.17) is 10.5 Å². The smallest absolute Gasteiger partial charge is 0.320 e. The molecule has 3 aromatic rings. The Morgan fingerprint density at radius 3 is 2.79 bits per heavy atom. The van der Waals surface area contributed by atoms with E-state index >= 15 is 0 Å². The number of primary amides is 1. The Hall–Kier alpha value is -3.26. The number of ether oxygens (including phenoxy) is 1. The summed E-state index contributed by atoms with van der Waals surface area (Å²) in [6.07, 6.45) is 5.99. The molecule has 0 unspecified atom stereocenters. The van der Waals surface area contributed by atoms with Gasteiger partial charge in [0.15, 0.2) is 5.82 Å². The number of rotatable bonds is 7. The molecule has 8 nitrogen and oxygen atoms in total. The number of nitrogens with zero attached hydrogens (tertiary/aromatic N) is 5. The van der Waals surface area contributed by atoms with Crippen molar-refractivity contribution >= 4 is 23.1 Å². The first-order valence-corrected chi connectivity index (χ1v) is 11.9. The van der Waals surface area contributed by atoms with Gasteiger partial charge in [-0.3, -0.25) is 9.80 Å². The van der Waals surface area contributed by atoms with Gasteiger partial charge in [-0.25, -0.2) is 9.31 Å². The summed E-state index contributed by atoms with van der Waals surface area (Å²) in [4.78, 5) is 18.6. The van der Waals surface area contributed by atoms with Gasteiger partial charge in [0.25, 0.3) is 0 Å². The molecule has 0 atom stereocenters. The molecule has 5 rings (SSSR count). The summed E-state index contributed by atoms with van der Waals surface area (Å²) in [6, 6.07) is 13.8. The van der Waals surface area contributed by atoms with Crippen LogP contribution in [0.25, 0.3) is 5.52 Å². The second-order valence-electron chi connectivity index (χ2n) is 8.82. The number of anilines is 2. The molecule has 1 aromatic carbocycles. The standard InChI is InChI=1S/C25H32N6O2/c26-25(32)30(23-19-21-9-1-2-13-31(21)27-23)12-4-3-11-28-14-16-29(17-15-28)22-10-5-7-20-8-6-18-33-24(20)22/h1-2,5,7,9-10,13,19H,3-4,6,8,11-12,14-18H2,(H2,26,32). The van der Waals surface area contributed by atoms with Gasteiger partial charge in [0.2, 0.25) is 0 Å². The molecule has 0 aliphatic carbocycles. The summed E-state index contributed by atoms with van der Waals surface area (Å²) in [5, 5.41) is 4.49. The van der Waals surface area contributed by atoms with Crippen LogP contribution < -0.4 is 20.3 Å². The number of hydrogen-bond donors (Lipinski definition) is 1. The zero-order valence-corrected chi connectivity index (χ0v) is 19.0. The van der Waals surface area contributed by atoms with Crippen molar-refractivity contribution in [1.82, 2.24) is 14.5 Å². The number of aryl methyl sites for hydroxylation is 1. The molecule has 174 valence electrons. The second-order valence-corrected chi connectivity index (χ2v) is 8.82. The molecule has 2 aliphatic rings. The van der Waals surface area contributed by atoms with E-state index in [2.05, 4.69) is 33.1 Å². The number of benzene rings is 1. The van der Waals surface area contributed by atoms with E-state index in [0.717, 1.165) is 76.3 Å². The van der Waals surface area contributed by atoms with Crippen LogP contribution in [0.2, 0.25) is 0 Å². The van der Waals surface area contributed by atoms with Crippen molar-refractivity contribution in [2.24, 2.45) is 5.73 Å². The number of carbonyl (C=O) groups is 1. The van der Waals surface area contributed by atoms with E-state index < -0.39 is 6.03 Å². The van der Waals surface area contributed by atoms with Crippen molar-refractivity contribution in [1.29, 1.82) is 0 Å². The van der Waals surface area contributed by atoms with Crippen molar-refractivity contribution in [3.8, 4) is 5.75 Å². The predicted octanol–water partition coefficient (Wildman–Crippen LogP) is 3.15. The third-order valence-corrected chi connectivity index (χ3v) is 6.63. The van der Waals surface area contributed by atoms with Crippen LogP contribution in [0.1, 0.15) is 24.8 Å². The number of carbonyl (C=O) groups excluding carboxylic acids is 1. The molecule has 2 aliphatic heterocycles. The molecule has 33 heavy (non-hydrogen) atoms. The van der Waals surface area contributed by atoms with E-state index in [1.165, 1.54) is 11.3 Å². The van der Waals surface area contributed by atoms with E-state index in [1.807, 2.05) is 30.5 Å². The first kappa shape index (κ1) is 21.6. The van der Waals surface area contributed by atoms with Gasteiger partial charge in [0, 0.05) is 45.0 Å². The molecule has 0 saturated carbocycles.